The highest BCUT2D eigenvalue weighted by Crippen LogP contribution is 2.16. The minimum atomic E-state index is 0.679. The molecule has 0 saturated heterocycles. The van der Waals surface area contributed by atoms with E-state index >= 15 is 0 Å². The van der Waals surface area contributed by atoms with Crippen LogP contribution in [-0.4, -0.2) is 23.6 Å². The number of nitrogens with zero attached hydrogens (tertiary/aromatic N) is 3. The summed E-state index contributed by atoms with van der Waals surface area (Å²) in [4.78, 5) is 13.4. The highest BCUT2D eigenvalue weighted by atomic mass is 32.1. The molecule has 0 aliphatic carbocycles. The van der Waals surface area contributed by atoms with Gasteiger partial charge in [0.25, 0.3) is 0 Å². The summed E-state index contributed by atoms with van der Waals surface area (Å²) in [5.74, 6) is 1.62. The monoisotopic (exact) mass is 262 g/mol. The van der Waals surface area contributed by atoms with E-state index in [2.05, 4.69) is 46.2 Å². The van der Waals surface area contributed by atoms with Crippen molar-refractivity contribution in [2.75, 3.05) is 23.8 Å². The zero-order valence-electron chi connectivity index (χ0n) is 11.0. The molecule has 0 fully saturated rings. The van der Waals surface area contributed by atoms with Crippen molar-refractivity contribution in [2.24, 2.45) is 0 Å². The summed E-state index contributed by atoms with van der Waals surface area (Å²) < 4.78 is 0. The van der Waals surface area contributed by atoms with Crippen LogP contribution in [0, 0.1) is 6.92 Å². The third-order valence-corrected chi connectivity index (χ3v) is 3.72. The molecule has 0 atom stereocenters. The molecule has 18 heavy (non-hydrogen) atoms. The number of anilines is 2. The van der Waals surface area contributed by atoms with E-state index in [1.165, 1.54) is 9.75 Å². The molecule has 4 nitrogen and oxygen atoms in total. The van der Waals surface area contributed by atoms with E-state index in [4.69, 9.17) is 0 Å². The Kier molecular flexibility index (Phi) is 4.15. The normalized spacial score (nSPS) is 10.4. The molecule has 0 aliphatic heterocycles. The Morgan fingerprint density at radius 3 is 2.83 bits per heavy atom. The lowest BCUT2D eigenvalue weighted by molar-refractivity contribution is 0.925. The average Bonchev–Trinajstić information content (AvgIpc) is 2.81. The third kappa shape index (κ3) is 3.20. The van der Waals surface area contributed by atoms with Gasteiger partial charge in [0, 0.05) is 29.5 Å². The van der Waals surface area contributed by atoms with E-state index in [9.17, 15) is 0 Å². The van der Waals surface area contributed by atoms with Crippen LogP contribution in [0.5, 0.6) is 0 Å². The first-order valence-electron chi connectivity index (χ1n) is 6.02. The van der Waals surface area contributed by atoms with Crippen LogP contribution < -0.4 is 10.2 Å². The second-order valence-electron chi connectivity index (χ2n) is 4.12. The highest BCUT2D eigenvalue weighted by Gasteiger charge is 2.03. The van der Waals surface area contributed by atoms with Gasteiger partial charge in [-0.1, -0.05) is 0 Å². The van der Waals surface area contributed by atoms with Crippen molar-refractivity contribution in [3.63, 3.8) is 0 Å². The number of rotatable bonds is 5. The van der Waals surface area contributed by atoms with Crippen molar-refractivity contribution in [1.82, 2.24) is 9.97 Å². The lowest BCUT2D eigenvalue weighted by atomic mass is 10.4. The van der Waals surface area contributed by atoms with Crippen molar-refractivity contribution in [1.29, 1.82) is 0 Å². The first-order valence-corrected chi connectivity index (χ1v) is 6.84. The van der Waals surface area contributed by atoms with E-state index < -0.39 is 0 Å². The standard InChI is InChI=1S/C13H18N4S/c1-4-17(3)12-7-8-14-13(16-12)15-9-11-6-5-10(2)18-11/h5-8H,4,9H2,1-3H3,(H,14,15,16). The molecule has 0 bridgehead atoms. The number of thiophene rings is 1. The van der Waals surface area contributed by atoms with E-state index in [0.717, 1.165) is 18.9 Å². The zero-order chi connectivity index (χ0) is 13.0. The molecule has 0 saturated carbocycles. The Morgan fingerprint density at radius 1 is 1.33 bits per heavy atom. The van der Waals surface area contributed by atoms with E-state index in [0.29, 0.717) is 5.95 Å². The van der Waals surface area contributed by atoms with Crippen LogP contribution in [-0.2, 0) is 6.54 Å². The number of hydrogen-bond acceptors (Lipinski definition) is 5. The van der Waals surface area contributed by atoms with Crippen molar-refractivity contribution in [2.45, 2.75) is 20.4 Å². The molecule has 0 radical (unpaired) electrons. The lowest BCUT2D eigenvalue weighted by Crippen LogP contribution is -2.18. The smallest absolute Gasteiger partial charge is 0.224 e. The number of aryl methyl sites for hydroxylation is 1. The maximum absolute atomic E-state index is 4.47. The number of hydrogen-bond donors (Lipinski definition) is 1. The van der Waals surface area contributed by atoms with Crippen molar-refractivity contribution in [3.8, 4) is 0 Å². The molecule has 5 heteroatoms. The molecule has 0 aliphatic rings. The summed E-state index contributed by atoms with van der Waals surface area (Å²) in [5.41, 5.74) is 0. The van der Waals surface area contributed by atoms with Gasteiger partial charge in [-0.3, -0.25) is 0 Å². The summed E-state index contributed by atoms with van der Waals surface area (Å²) in [6.45, 7) is 5.92. The van der Waals surface area contributed by atoms with Crippen LogP contribution in [0.1, 0.15) is 16.7 Å². The van der Waals surface area contributed by atoms with Gasteiger partial charge in [-0.05, 0) is 32.0 Å². The quantitative estimate of drug-likeness (QED) is 0.899. The molecule has 2 heterocycles. The summed E-state index contributed by atoms with van der Waals surface area (Å²) in [6.07, 6.45) is 1.79. The van der Waals surface area contributed by atoms with Gasteiger partial charge in [-0.25, -0.2) is 4.98 Å². The van der Waals surface area contributed by atoms with Crippen LogP contribution in [0.4, 0.5) is 11.8 Å². The first-order chi connectivity index (χ1) is 8.69. The predicted molar refractivity (Wildman–Crippen MR) is 77.4 cm³/mol. The first kappa shape index (κ1) is 12.8. The summed E-state index contributed by atoms with van der Waals surface area (Å²) >= 11 is 1.79. The minimum absolute atomic E-state index is 0.679. The molecule has 2 aromatic heterocycles. The Labute approximate surface area is 112 Å². The summed E-state index contributed by atoms with van der Waals surface area (Å²) in [5, 5.41) is 3.26. The van der Waals surface area contributed by atoms with Gasteiger partial charge in [0.05, 0.1) is 6.54 Å². The Balaban J connectivity index is 2.01. The highest BCUT2D eigenvalue weighted by molar-refractivity contribution is 7.11. The number of aromatic nitrogens is 2. The fraction of sp³-hybridized carbons (Fsp3) is 0.385. The van der Waals surface area contributed by atoms with E-state index in [-0.39, 0.29) is 0 Å². The van der Waals surface area contributed by atoms with Crippen LogP contribution >= 0.6 is 11.3 Å². The summed E-state index contributed by atoms with van der Waals surface area (Å²) in [6, 6.07) is 6.18. The molecule has 0 spiro atoms. The lowest BCUT2D eigenvalue weighted by Gasteiger charge is -2.15. The van der Waals surface area contributed by atoms with Gasteiger partial charge in [0.2, 0.25) is 5.95 Å². The van der Waals surface area contributed by atoms with Crippen LogP contribution in [0.2, 0.25) is 0 Å². The van der Waals surface area contributed by atoms with Crippen LogP contribution in [0.25, 0.3) is 0 Å². The van der Waals surface area contributed by atoms with Crippen molar-refractivity contribution < 1.29 is 0 Å². The molecule has 96 valence electrons. The van der Waals surface area contributed by atoms with E-state index in [1.807, 2.05) is 13.1 Å². The fourth-order valence-corrected chi connectivity index (χ4v) is 2.39. The van der Waals surface area contributed by atoms with Crippen molar-refractivity contribution >= 4 is 23.1 Å². The van der Waals surface area contributed by atoms with Gasteiger partial charge in [-0.2, -0.15) is 4.98 Å². The van der Waals surface area contributed by atoms with Gasteiger partial charge in [0.15, 0.2) is 0 Å². The molecule has 1 N–H and O–H groups in total. The van der Waals surface area contributed by atoms with Crippen LogP contribution in [0.3, 0.4) is 0 Å². The zero-order valence-corrected chi connectivity index (χ0v) is 11.8. The Hall–Kier alpha value is -1.62. The van der Waals surface area contributed by atoms with E-state index in [1.54, 1.807) is 17.5 Å². The average molecular weight is 262 g/mol. The third-order valence-electron chi connectivity index (χ3n) is 2.72. The van der Waals surface area contributed by atoms with Gasteiger partial charge in [-0.15, -0.1) is 11.3 Å². The Morgan fingerprint density at radius 2 is 2.17 bits per heavy atom. The molecule has 0 unspecified atom stereocenters. The molecular formula is C13H18N4S. The van der Waals surface area contributed by atoms with Crippen LogP contribution in [0.15, 0.2) is 24.4 Å². The predicted octanol–water partition coefficient (Wildman–Crippen LogP) is 2.91. The molecule has 2 aromatic rings. The number of nitrogens with one attached hydrogen (secondary N) is 1. The van der Waals surface area contributed by atoms with Gasteiger partial charge >= 0.3 is 0 Å². The maximum atomic E-state index is 4.47. The SMILES string of the molecule is CCN(C)c1ccnc(NCc2ccc(C)s2)n1. The second-order valence-corrected chi connectivity index (χ2v) is 5.49. The molecule has 2 rings (SSSR count). The molecule has 0 aromatic carbocycles. The van der Waals surface area contributed by atoms with Gasteiger partial charge in [0.1, 0.15) is 5.82 Å². The topological polar surface area (TPSA) is 41.1 Å². The molecule has 0 amide bonds. The summed E-state index contributed by atoms with van der Waals surface area (Å²) in [7, 11) is 2.02. The second kappa shape index (κ2) is 5.82. The Bertz CT molecular complexity index is 509. The minimum Gasteiger partial charge on any atom is -0.360 e. The largest absolute Gasteiger partial charge is 0.360 e. The fourth-order valence-electron chi connectivity index (χ4n) is 1.56. The van der Waals surface area contributed by atoms with Gasteiger partial charge < -0.3 is 10.2 Å². The maximum Gasteiger partial charge on any atom is 0.224 e. The van der Waals surface area contributed by atoms with Crippen molar-refractivity contribution in [3.05, 3.63) is 34.2 Å². The molecular weight excluding hydrogens is 244 g/mol.